The number of aromatic nitrogens is 1. The first kappa shape index (κ1) is 16.9. The number of benzene rings is 1. The van der Waals surface area contributed by atoms with Crippen molar-refractivity contribution in [1.82, 2.24) is 5.16 Å². The average Bonchev–Trinajstić information content (AvgIpc) is 2.98. The van der Waals surface area contributed by atoms with Crippen LogP contribution in [-0.2, 0) is 0 Å². The van der Waals surface area contributed by atoms with E-state index in [9.17, 15) is 4.79 Å². The van der Waals surface area contributed by atoms with Crippen molar-refractivity contribution in [3.05, 3.63) is 35.7 Å². The Balaban J connectivity index is 2.13. The molecule has 6 heteroatoms. The van der Waals surface area contributed by atoms with E-state index in [1.807, 2.05) is 13.8 Å². The van der Waals surface area contributed by atoms with Gasteiger partial charge in [0.05, 0.1) is 18.9 Å². The molecule has 1 aromatic carbocycles. The van der Waals surface area contributed by atoms with Gasteiger partial charge in [-0.15, -0.1) is 0 Å². The van der Waals surface area contributed by atoms with Gasteiger partial charge in [-0.05, 0) is 31.9 Å². The summed E-state index contributed by atoms with van der Waals surface area (Å²) in [4.78, 5) is 12.1. The minimum absolute atomic E-state index is 0.171. The van der Waals surface area contributed by atoms with Crippen LogP contribution >= 0.6 is 0 Å². The Labute approximate surface area is 135 Å². The summed E-state index contributed by atoms with van der Waals surface area (Å²) in [6, 6.07) is 6.90. The van der Waals surface area contributed by atoms with Crippen molar-refractivity contribution in [2.45, 2.75) is 33.6 Å². The topological polar surface area (TPSA) is 73.6 Å². The van der Waals surface area contributed by atoms with Crippen molar-refractivity contribution in [3.63, 3.8) is 0 Å². The summed E-state index contributed by atoms with van der Waals surface area (Å²) in [6.07, 6.45) is 1.80. The summed E-state index contributed by atoms with van der Waals surface area (Å²) >= 11 is 0. The van der Waals surface area contributed by atoms with Gasteiger partial charge in [-0.1, -0.05) is 19.0 Å². The molecule has 6 nitrogen and oxygen atoms in total. The van der Waals surface area contributed by atoms with E-state index in [0.29, 0.717) is 36.1 Å². The van der Waals surface area contributed by atoms with Crippen molar-refractivity contribution in [1.29, 1.82) is 0 Å². The number of hydrogen-bond donors (Lipinski definition) is 1. The Hall–Kier alpha value is -2.50. The Kier molecular flexibility index (Phi) is 6.02. The van der Waals surface area contributed by atoms with Gasteiger partial charge in [0.2, 0.25) is 5.76 Å². The number of hydrogen-bond acceptors (Lipinski definition) is 5. The first-order valence-electron chi connectivity index (χ1n) is 7.78. The number of nitrogens with one attached hydrogen (secondary N) is 1. The maximum absolute atomic E-state index is 12.1. The molecule has 0 radical (unpaired) electrons. The van der Waals surface area contributed by atoms with Crippen LogP contribution in [0.1, 0.15) is 42.9 Å². The van der Waals surface area contributed by atoms with Crippen LogP contribution in [0.15, 0.2) is 28.8 Å². The predicted molar refractivity (Wildman–Crippen MR) is 87.2 cm³/mol. The number of nitrogens with zero attached hydrogens (tertiary/aromatic N) is 1. The van der Waals surface area contributed by atoms with Gasteiger partial charge in [0.25, 0.3) is 5.91 Å². The van der Waals surface area contributed by atoms with Gasteiger partial charge in [-0.3, -0.25) is 4.79 Å². The van der Waals surface area contributed by atoms with Gasteiger partial charge in [0.1, 0.15) is 0 Å². The standard InChI is InChI=1S/C17H22N2O4/c1-4-8-21-14-7-6-13(11-15(14)22-9-5-2)18-17(20)16-10-12(3)19-23-16/h6-7,10-11H,4-5,8-9H2,1-3H3,(H,18,20). The monoisotopic (exact) mass is 318 g/mol. The SMILES string of the molecule is CCCOc1ccc(NC(=O)c2cc(C)no2)cc1OCCC. The van der Waals surface area contributed by atoms with Crippen LogP contribution in [-0.4, -0.2) is 24.3 Å². The fraction of sp³-hybridized carbons (Fsp3) is 0.412. The molecule has 1 amide bonds. The summed E-state index contributed by atoms with van der Waals surface area (Å²) in [5, 5.41) is 6.47. The van der Waals surface area contributed by atoms with E-state index in [-0.39, 0.29) is 11.7 Å². The summed E-state index contributed by atoms with van der Waals surface area (Å²) in [7, 11) is 0. The molecule has 0 aliphatic heterocycles. The summed E-state index contributed by atoms with van der Waals surface area (Å²) in [5.41, 5.74) is 1.27. The lowest BCUT2D eigenvalue weighted by molar-refractivity contribution is 0.0988. The van der Waals surface area contributed by atoms with Crippen molar-refractivity contribution < 1.29 is 18.8 Å². The van der Waals surface area contributed by atoms with Crippen LogP contribution < -0.4 is 14.8 Å². The van der Waals surface area contributed by atoms with Crippen molar-refractivity contribution in [3.8, 4) is 11.5 Å². The van der Waals surface area contributed by atoms with Crippen molar-refractivity contribution >= 4 is 11.6 Å². The van der Waals surface area contributed by atoms with E-state index in [1.165, 1.54) is 0 Å². The largest absolute Gasteiger partial charge is 0.490 e. The lowest BCUT2D eigenvalue weighted by Crippen LogP contribution is -2.11. The van der Waals surface area contributed by atoms with Crippen LogP contribution in [0.2, 0.25) is 0 Å². The molecule has 0 bridgehead atoms. The van der Waals surface area contributed by atoms with Crippen molar-refractivity contribution in [2.24, 2.45) is 0 Å². The Morgan fingerprint density at radius 1 is 1.13 bits per heavy atom. The zero-order chi connectivity index (χ0) is 16.7. The van der Waals surface area contributed by atoms with Crippen LogP contribution in [0.5, 0.6) is 11.5 Å². The molecule has 124 valence electrons. The fourth-order valence-corrected chi connectivity index (χ4v) is 1.91. The number of carbonyl (C=O) groups is 1. The maximum Gasteiger partial charge on any atom is 0.294 e. The number of amides is 1. The highest BCUT2D eigenvalue weighted by atomic mass is 16.5. The molecule has 0 atom stereocenters. The molecule has 0 unspecified atom stereocenters. The summed E-state index contributed by atoms with van der Waals surface area (Å²) < 4.78 is 16.3. The van der Waals surface area contributed by atoms with E-state index in [2.05, 4.69) is 10.5 Å². The third kappa shape index (κ3) is 4.74. The Morgan fingerprint density at radius 2 is 1.83 bits per heavy atom. The van der Waals surface area contributed by atoms with Gasteiger partial charge in [-0.2, -0.15) is 0 Å². The molecule has 1 aromatic heterocycles. The summed E-state index contributed by atoms with van der Waals surface area (Å²) in [5.74, 6) is 1.11. The third-order valence-electron chi connectivity index (χ3n) is 2.98. The molecule has 0 aliphatic carbocycles. The van der Waals surface area contributed by atoms with E-state index in [1.54, 1.807) is 31.2 Å². The smallest absolute Gasteiger partial charge is 0.294 e. The number of rotatable bonds is 8. The van der Waals surface area contributed by atoms with Crippen molar-refractivity contribution in [2.75, 3.05) is 18.5 Å². The highest BCUT2D eigenvalue weighted by Crippen LogP contribution is 2.31. The van der Waals surface area contributed by atoms with Crippen LogP contribution in [0.25, 0.3) is 0 Å². The number of anilines is 1. The molecular formula is C17H22N2O4. The highest BCUT2D eigenvalue weighted by Gasteiger charge is 2.13. The summed E-state index contributed by atoms with van der Waals surface area (Å²) in [6.45, 7) is 7.04. The molecule has 0 saturated heterocycles. The van der Waals surface area contributed by atoms with Crippen LogP contribution in [0.4, 0.5) is 5.69 Å². The second kappa shape index (κ2) is 8.22. The quantitative estimate of drug-likeness (QED) is 0.801. The predicted octanol–water partition coefficient (Wildman–Crippen LogP) is 3.81. The van der Waals surface area contributed by atoms with Gasteiger partial charge in [-0.25, -0.2) is 0 Å². The average molecular weight is 318 g/mol. The lowest BCUT2D eigenvalue weighted by Gasteiger charge is -2.13. The van der Waals surface area contributed by atoms with E-state index < -0.39 is 0 Å². The van der Waals surface area contributed by atoms with E-state index >= 15 is 0 Å². The third-order valence-corrected chi connectivity index (χ3v) is 2.98. The molecule has 0 saturated carbocycles. The molecule has 23 heavy (non-hydrogen) atoms. The maximum atomic E-state index is 12.1. The first-order chi connectivity index (χ1) is 11.1. The van der Waals surface area contributed by atoms with Gasteiger partial charge in [0.15, 0.2) is 11.5 Å². The van der Waals surface area contributed by atoms with Gasteiger partial charge < -0.3 is 19.3 Å². The number of ether oxygens (including phenoxy) is 2. The fourth-order valence-electron chi connectivity index (χ4n) is 1.91. The minimum Gasteiger partial charge on any atom is -0.490 e. The molecule has 0 aliphatic rings. The van der Waals surface area contributed by atoms with Crippen LogP contribution in [0.3, 0.4) is 0 Å². The Bertz CT molecular complexity index is 652. The van der Waals surface area contributed by atoms with E-state index in [4.69, 9.17) is 14.0 Å². The zero-order valence-corrected chi connectivity index (χ0v) is 13.7. The number of aryl methyl sites for hydroxylation is 1. The van der Waals surface area contributed by atoms with Gasteiger partial charge in [0, 0.05) is 17.8 Å². The molecule has 2 aromatic rings. The highest BCUT2D eigenvalue weighted by molar-refractivity contribution is 6.02. The molecule has 0 spiro atoms. The second-order valence-electron chi connectivity index (χ2n) is 5.15. The second-order valence-corrected chi connectivity index (χ2v) is 5.15. The van der Waals surface area contributed by atoms with E-state index in [0.717, 1.165) is 12.8 Å². The molecular weight excluding hydrogens is 296 g/mol. The van der Waals surface area contributed by atoms with Gasteiger partial charge >= 0.3 is 0 Å². The lowest BCUT2D eigenvalue weighted by atomic mass is 10.2. The molecule has 1 heterocycles. The molecule has 0 fully saturated rings. The number of carbonyl (C=O) groups excluding carboxylic acids is 1. The van der Waals surface area contributed by atoms with Crippen LogP contribution in [0, 0.1) is 6.92 Å². The normalized spacial score (nSPS) is 10.4. The molecule has 2 rings (SSSR count). The molecule has 1 N–H and O–H groups in total. The zero-order valence-electron chi connectivity index (χ0n) is 13.7. The minimum atomic E-state index is -0.353. The first-order valence-corrected chi connectivity index (χ1v) is 7.78. The Morgan fingerprint density at radius 3 is 2.43 bits per heavy atom.